The standard InChI is InChI=1S/C18H11N3O6.C5H6N2/c1-26-16-7-11(20(22)23)2-4-13(16)10-6-15-14-5-3-12(21(24)25)8-17(14)27-18(15)19-9-10;6-5-3-1-2-4-7-5/h2-9H,1H3;1-4H,(H2,6,7). The molecule has 0 spiro atoms. The molecule has 0 aliphatic heterocycles. The van der Waals surface area contributed by atoms with Gasteiger partial charge in [-0.25, -0.2) is 9.97 Å². The zero-order valence-corrected chi connectivity index (χ0v) is 17.7. The maximum atomic E-state index is 11.0. The van der Waals surface area contributed by atoms with Gasteiger partial charge in [0.15, 0.2) is 0 Å². The number of nitrogen functional groups attached to an aromatic ring is 1. The van der Waals surface area contributed by atoms with Crippen LogP contribution in [0.3, 0.4) is 0 Å². The highest BCUT2D eigenvalue weighted by atomic mass is 16.6. The van der Waals surface area contributed by atoms with Gasteiger partial charge in [0, 0.05) is 46.4 Å². The molecule has 0 atom stereocenters. The summed E-state index contributed by atoms with van der Waals surface area (Å²) < 4.78 is 10.9. The van der Waals surface area contributed by atoms with Gasteiger partial charge < -0.3 is 14.9 Å². The van der Waals surface area contributed by atoms with Crippen molar-refractivity contribution in [3.8, 4) is 16.9 Å². The van der Waals surface area contributed by atoms with Crippen LogP contribution in [0.4, 0.5) is 17.2 Å². The molecule has 2 N–H and O–H groups in total. The molecule has 3 heterocycles. The number of furan rings is 1. The summed E-state index contributed by atoms with van der Waals surface area (Å²) in [6.07, 6.45) is 3.22. The molecule has 11 heteroatoms. The lowest BCUT2D eigenvalue weighted by molar-refractivity contribution is -0.385. The number of aromatic nitrogens is 2. The Morgan fingerprint density at radius 1 is 0.912 bits per heavy atom. The monoisotopic (exact) mass is 459 g/mol. The molecule has 0 radical (unpaired) electrons. The molecule has 0 saturated carbocycles. The number of ether oxygens (including phenoxy) is 1. The van der Waals surface area contributed by atoms with E-state index < -0.39 is 9.85 Å². The predicted molar refractivity (Wildman–Crippen MR) is 125 cm³/mol. The Bertz CT molecular complexity index is 1520. The quantitative estimate of drug-likeness (QED) is 0.283. The third-order valence-electron chi connectivity index (χ3n) is 4.92. The van der Waals surface area contributed by atoms with E-state index in [2.05, 4.69) is 9.97 Å². The average molecular weight is 459 g/mol. The molecule has 0 bridgehead atoms. The van der Waals surface area contributed by atoms with Gasteiger partial charge in [0.05, 0.1) is 29.1 Å². The first kappa shape index (κ1) is 22.1. The van der Waals surface area contributed by atoms with E-state index in [-0.39, 0.29) is 11.4 Å². The summed E-state index contributed by atoms with van der Waals surface area (Å²) in [4.78, 5) is 28.9. The Morgan fingerprint density at radius 2 is 1.65 bits per heavy atom. The Morgan fingerprint density at radius 3 is 2.26 bits per heavy atom. The first-order chi connectivity index (χ1) is 16.4. The van der Waals surface area contributed by atoms with E-state index in [1.807, 2.05) is 18.2 Å². The minimum atomic E-state index is -0.496. The van der Waals surface area contributed by atoms with Crippen molar-refractivity contribution in [2.75, 3.05) is 12.8 Å². The molecule has 5 aromatic rings. The largest absolute Gasteiger partial charge is 0.496 e. The van der Waals surface area contributed by atoms with Crippen molar-refractivity contribution in [2.45, 2.75) is 0 Å². The van der Waals surface area contributed by atoms with Gasteiger partial charge in [-0.3, -0.25) is 20.2 Å². The minimum absolute atomic E-state index is 0.0705. The molecule has 170 valence electrons. The maximum absolute atomic E-state index is 11.0. The van der Waals surface area contributed by atoms with Crippen LogP contribution in [0.1, 0.15) is 0 Å². The van der Waals surface area contributed by atoms with Crippen molar-refractivity contribution in [1.82, 2.24) is 9.97 Å². The number of non-ortho nitro benzene ring substituents is 2. The van der Waals surface area contributed by atoms with Crippen molar-refractivity contribution < 1.29 is 19.0 Å². The van der Waals surface area contributed by atoms with Crippen molar-refractivity contribution in [2.24, 2.45) is 0 Å². The average Bonchev–Trinajstić information content (AvgIpc) is 3.21. The van der Waals surface area contributed by atoms with Crippen LogP contribution in [-0.4, -0.2) is 26.9 Å². The molecule has 0 fully saturated rings. The van der Waals surface area contributed by atoms with Crippen molar-refractivity contribution in [1.29, 1.82) is 0 Å². The van der Waals surface area contributed by atoms with Gasteiger partial charge in [0.1, 0.15) is 17.2 Å². The molecule has 0 unspecified atom stereocenters. The van der Waals surface area contributed by atoms with Crippen molar-refractivity contribution >= 4 is 39.3 Å². The summed E-state index contributed by atoms with van der Waals surface area (Å²) in [5.74, 6) is 0.913. The number of nitro benzene ring substituents is 2. The number of nitro groups is 2. The summed E-state index contributed by atoms with van der Waals surface area (Å²) in [7, 11) is 1.43. The molecule has 2 aromatic carbocycles. The fourth-order valence-electron chi connectivity index (χ4n) is 3.32. The van der Waals surface area contributed by atoms with E-state index in [0.717, 1.165) is 0 Å². The van der Waals surface area contributed by atoms with Gasteiger partial charge in [-0.15, -0.1) is 0 Å². The highest BCUT2D eigenvalue weighted by molar-refractivity contribution is 6.05. The van der Waals surface area contributed by atoms with Crippen LogP contribution in [0.15, 0.2) is 77.5 Å². The molecule has 0 aliphatic rings. The second kappa shape index (κ2) is 9.20. The number of pyridine rings is 2. The van der Waals surface area contributed by atoms with Crippen LogP contribution in [0.5, 0.6) is 5.75 Å². The normalized spacial score (nSPS) is 10.5. The molecule has 0 saturated heterocycles. The van der Waals surface area contributed by atoms with E-state index >= 15 is 0 Å². The smallest absolute Gasteiger partial charge is 0.273 e. The Labute approximate surface area is 191 Å². The number of hydrogen-bond acceptors (Lipinski definition) is 9. The maximum Gasteiger partial charge on any atom is 0.273 e. The van der Waals surface area contributed by atoms with Crippen LogP contribution in [0.2, 0.25) is 0 Å². The first-order valence-electron chi connectivity index (χ1n) is 9.83. The van der Waals surface area contributed by atoms with Gasteiger partial charge in [-0.1, -0.05) is 6.07 Å². The van der Waals surface area contributed by atoms with Crippen LogP contribution >= 0.6 is 0 Å². The fourth-order valence-corrected chi connectivity index (χ4v) is 3.32. The lowest BCUT2D eigenvalue weighted by atomic mass is 10.0. The van der Waals surface area contributed by atoms with Crippen LogP contribution in [0, 0.1) is 20.2 Å². The number of anilines is 1. The Kier molecular flexibility index (Phi) is 5.99. The molecule has 34 heavy (non-hydrogen) atoms. The Hall–Kier alpha value is -5.06. The fraction of sp³-hybridized carbons (Fsp3) is 0.0435. The van der Waals surface area contributed by atoms with Crippen LogP contribution in [0.25, 0.3) is 33.2 Å². The topological polar surface area (TPSA) is 160 Å². The molecule has 0 aliphatic carbocycles. The van der Waals surface area contributed by atoms with E-state index in [4.69, 9.17) is 14.9 Å². The van der Waals surface area contributed by atoms with Gasteiger partial charge in [-0.05, 0) is 30.3 Å². The molecule has 3 aromatic heterocycles. The number of nitrogens with zero attached hydrogens (tertiary/aromatic N) is 4. The summed E-state index contributed by atoms with van der Waals surface area (Å²) in [6.45, 7) is 0. The number of fused-ring (bicyclic) bond motifs is 3. The summed E-state index contributed by atoms with van der Waals surface area (Å²) in [5.41, 5.74) is 7.11. The Balaban J connectivity index is 0.000000336. The number of benzene rings is 2. The number of rotatable bonds is 4. The number of nitrogens with two attached hydrogens (primary N) is 1. The molecular formula is C23H17N5O6. The number of hydrogen-bond donors (Lipinski definition) is 1. The van der Waals surface area contributed by atoms with E-state index in [9.17, 15) is 20.2 Å². The molecule has 11 nitrogen and oxygen atoms in total. The summed E-state index contributed by atoms with van der Waals surface area (Å²) in [6, 6.07) is 15.9. The zero-order valence-electron chi connectivity index (χ0n) is 17.7. The van der Waals surface area contributed by atoms with Gasteiger partial charge >= 0.3 is 0 Å². The second-order valence-corrected chi connectivity index (χ2v) is 7.01. The third-order valence-corrected chi connectivity index (χ3v) is 4.92. The number of methoxy groups -OCH3 is 1. The predicted octanol–water partition coefficient (Wildman–Crippen LogP) is 5.14. The lowest BCUT2D eigenvalue weighted by Gasteiger charge is -2.08. The minimum Gasteiger partial charge on any atom is -0.496 e. The van der Waals surface area contributed by atoms with E-state index in [0.29, 0.717) is 44.8 Å². The summed E-state index contributed by atoms with van der Waals surface area (Å²) >= 11 is 0. The third kappa shape index (κ3) is 4.43. The van der Waals surface area contributed by atoms with Crippen molar-refractivity contribution in [3.63, 3.8) is 0 Å². The van der Waals surface area contributed by atoms with Crippen molar-refractivity contribution in [3.05, 3.63) is 93.3 Å². The second-order valence-electron chi connectivity index (χ2n) is 7.01. The highest BCUT2D eigenvalue weighted by Gasteiger charge is 2.17. The van der Waals surface area contributed by atoms with Gasteiger partial charge in [-0.2, -0.15) is 0 Å². The first-order valence-corrected chi connectivity index (χ1v) is 9.83. The molecule has 0 amide bonds. The lowest BCUT2D eigenvalue weighted by Crippen LogP contribution is -1.93. The van der Waals surface area contributed by atoms with Gasteiger partial charge in [0.2, 0.25) is 5.71 Å². The highest BCUT2D eigenvalue weighted by Crippen LogP contribution is 2.37. The zero-order chi connectivity index (χ0) is 24.2. The van der Waals surface area contributed by atoms with Gasteiger partial charge in [0.25, 0.3) is 11.4 Å². The van der Waals surface area contributed by atoms with E-state index in [1.165, 1.54) is 31.4 Å². The SMILES string of the molecule is COc1cc([N+](=O)[O-])ccc1-c1cnc2oc3cc([N+](=O)[O-])ccc3c2c1.Nc1ccccn1. The van der Waals surface area contributed by atoms with Crippen LogP contribution < -0.4 is 10.5 Å². The summed E-state index contributed by atoms with van der Waals surface area (Å²) in [5, 5.41) is 23.3. The molecule has 5 rings (SSSR count). The van der Waals surface area contributed by atoms with E-state index in [1.54, 1.807) is 30.6 Å². The van der Waals surface area contributed by atoms with Crippen LogP contribution in [-0.2, 0) is 0 Å². The molecular weight excluding hydrogens is 442 g/mol.